The van der Waals surface area contributed by atoms with Crippen LogP contribution in [0.2, 0.25) is 0 Å². The molecule has 2 aromatic rings. The SMILES string of the molecule is O=C(O)C(Cc1cc(F)cc(F)c1)Cc1cccc(Br)c1. The smallest absolute Gasteiger partial charge is 0.307 e. The molecule has 0 heterocycles. The third-order valence-electron chi connectivity index (χ3n) is 3.12. The summed E-state index contributed by atoms with van der Waals surface area (Å²) in [5.41, 5.74) is 1.20. The molecule has 2 nitrogen and oxygen atoms in total. The Morgan fingerprint density at radius 1 is 1.05 bits per heavy atom. The van der Waals surface area contributed by atoms with Gasteiger partial charge in [-0.25, -0.2) is 8.78 Å². The lowest BCUT2D eigenvalue weighted by atomic mass is 9.92. The van der Waals surface area contributed by atoms with Crippen molar-refractivity contribution in [2.75, 3.05) is 0 Å². The van der Waals surface area contributed by atoms with Crippen molar-refractivity contribution in [1.82, 2.24) is 0 Å². The molecule has 0 amide bonds. The summed E-state index contributed by atoms with van der Waals surface area (Å²) in [6, 6.07) is 10.4. The Kier molecular flexibility index (Phi) is 5.07. The largest absolute Gasteiger partial charge is 0.481 e. The highest BCUT2D eigenvalue weighted by Gasteiger charge is 2.19. The van der Waals surface area contributed by atoms with Gasteiger partial charge in [0.05, 0.1) is 5.92 Å². The molecule has 2 rings (SSSR count). The minimum Gasteiger partial charge on any atom is -0.481 e. The van der Waals surface area contributed by atoms with Gasteiger partial charge in [0.15, 0.2) is 0 Å². The van der Waals surface area contributed by atoms with E-state index in [4.69, 9.17) is 0 Å². The predicted molar refractivity (Wildman–Crippen MR) is 79.0 cm³/mol. The van der Waals surface area contributed by atoms with Gasteiger partial charge in [0, 0.05) is 10.5 Å². The van der Waals surface area contributed by atoms with Gasteiger partial charge in [-0.1, -0.05) is 28.1 Å². The summed E-state index contributed by atoms with van der Waals surface area (Å²) in [4.78, 5) is 11.4. The summed E-state index contributed by atoms with van der Waals surface area (Å²) in [5, 5.41) is 9.30. The number of halogens is 3. The van der Waals surface area contributed by atoms with Crippen LogP contribution >= 0.6 is 15.9 Å². The molecule has 0 bridgehead atoms. The zero-order valence-electron chi connectivity index (χ0n) is 11.0. The summed E-state index contributed by atoms with van der Waals surface area (Å²) in [5.74, 6) is -3.12. The molecule has 0 spiro atoms. The summed E-state index contributed by atoms with van der Waals surface area (Å²) >= 11 is 3.33. The van der Waals surface area contributed by atoms with E-state index in [0.29, 0.717) is 12.0 Å². The number of carbonyl (C=O) groups is 1. The molecule has 0 fully saturated rings. The Morgan fingerprint density at radius 3 is 2.24 bits per heavy atom. The van der Waals surface area contributed by atoms with Gasteiger partial charge >= 0.3 is 5.97 Å². The summed E-state index contributed by atoms with van der Waals surface area (Å²) in [6.45, 7) is 0. The van der Waals surface area contributed by atoms with Crippen molar-refractivity contribution in [2.24, 2.45) is 5.92 Å². The lowest BCUT2D eigenvalue weighted by Gasteiger charge is -2.13. The summed E-state index contributed by atoms with van der Waals surface area (Å²) in [6.07, 6.45) is 0.378. The summed E-state index contributed by atoms with van der Waals surface area (Å²) < 4.78 is 27.2. The molecule has 1 N–H and O–H groups in total. The molecule has 21 heavy (non-hydrogen) atoms. The monoisotopic (exact) mass is 354 g/mol. The fourth-order valence-corrected chi connectivity index (χ4v) is 2.66. The first kappa shape index (κ1) is 15.6. The molecule has 0 aromatic heterocycles. The van der Waals surface area contributed by atoms with Gasteiger partial charge in [-0.05, 0) is 48.2 Å². The van der Waals surface area contributed by atoms with Crippen LogP contribution in [0.3, 0.4) is 0 Å². The molecule has 0 aliphatic rings. The first-order valence-electron chi connectivity index (χ1n) is 6.36. The van der Waals surface area contributed by atoms with Crippen LogP contribution in [0.4, 0.5) is 8.78 Å². The van der Waals surface area contributed by atoms with Crippen LogP contribution in [0.15, 0.2) is 46.9 Å². The minimum absolute atomic E-state index is 0.0799. The zero-order valence-corrected chi connectivity index (χ0v) is 12.6. The number of benzene rings is 2. The molecule has 2 aromatic carbocycles. The van der Waals surface area contributed by atoms with Crippen LogP contribution in [-0.2, 0) is 17.6 Å². The van der Waals surface area contributed by atoms with Crippen molar-refractivity contribution in [3.63, 3.8) is 0 Å². The molecular weight excluding hydrogens is 342 g/mol. The average molecular weight is 355 g/mol. The van der Waals surface area contributed by atoms with E-state index in [1.807, 2.05) is 24.3 Å². The van der Waals surface area contributed by atoms with Gasteiger partial charge in [0.2, 0.25) is 0 Å². The third-order valence-corrected chi connectivity index (χ3v) is 3.62. The van der Waals surface area contributed by atoms with Crippen LogP contribution in [0.1, 0.15) is 11.1 Å². The van der Waals surface area contributed by atoms with E-state index in [2.05, 4.69) is 15.9 Å². The minimum atomic E-state index is -0.986. The van der Waals surface area contributed by atoms with Gasteiger partial charge in [0.1, 0.15) is 11.6 Å². The van der Waals surface area contributed by atoms with E-state index in [1.165, 1.54) is 12.1 Å². The number of carboxylic acids is 1. The Bertz CT molecular complexity index is 638. The van der Waals surface area contributed by atoms with E-state index in [-0.39, 0.29) is 6.42 Å². The molecule has 1 atom stereocenters. The molecule has 0 aliphatic carbocycles. The van der Waals surface area contributed by atoms with Crippen molar-refractivity contribution in [1.29, 1.82) is 0 Å². The topological polar surface area (TPSA) is 37.3 Å². The van der Waals surface area contributed by atoms with Crippen LogP contribution < -0.4 is 0 Å². The third kappa shape index (κ3) is 4.63. The standard InChI is InChI=1S/C16H13BrF2O2/c17-13-3-1-2-10(6-13)4-12(16(20)21)5-11-7-14(18)9-15(19)8-11/h1-3,6-9,12H,4-5H2,(H,20,21). The van der Waals surface area contributed by atoms with Crippen molar-refractivity contribution in [2.45, 2.75) is 12.8 Å². The second-order valence-electron chi connectivity index (χ2n) is 4.85. The van der Waals surface area contributed by atoms with Crippen molar-refractivity contribution < 1.29 is 18.7 Å². The summed E-state index contributed by atoms with van der Waals surface area (Å²) in [7, 11) is 0. The highest BCUT2D eigenvalue weighted by molar-refractivity contribution is 9.10. The van der Waals surface area contributed by atoms with Crippen LogP contribution in [0.25, 0.3) is 0 Å². The molecule has 0 aliphatic heterocycles. The molecule has 1 unspecified atom stereocenters. The molecule has 0 saturated heterocycles. The van der Waals surface area contributed by atoms with Crippen molar-refractivity contribution in [3.8, 4) is 0 Å². The van der Waals surface area contributed by atoms with Gasteiger partial charge in [0.25, 0.3) is 0 Å². The van der Waals surface area contributed by atoms with Gasteiger partial charge in [-0.15, -0.1) is 0 Å². The highest BCUT2D eigenvalue weighted by Crippen LogP contribution is 2.19. The Hall–Kier alpha value is -1.75. The van der Waals surface area contributed by atoms with E-state index < -0.39 is 23.5 Å². The van der Waals surface area contributed by atoms with E-state index in [1.54, 1.807) is 0 Å². The molecule has 0 saturated carbocycles. The van der Waals surface area contributed by atoms with Crippen LogP contribution in [0.5, 0.6) is 0 Å². The van der Waals surface area contributed by atoms with E-state index in [9.17, 15) is 18.7 Å². The number of rotatable bonds is 5. The Labute approximate surface area is 129 Å². The second kappa shape index (κ2) is 6.80. The number of carboxylic acid groups (broad SMARTS) is 1. The quantitative estimate of drug-likeness (QED) is 0.872. The van der Waals surface area contributed by atoms with Gasteiger partial charge < -0.3 is 5.11 Å². The number of aliphatic carboxylic acids is 1. The Balaban J connectivity index is 2.17. The first-order valence-corrected chi connectivity index (χ1v) is 7.15. The Morgan fingerprint density at radius 2 is 1.67 bits per heavy atom. The van der Waals surface area contributed by atoms with Crippen molar-refractivity contribution >= 4 is 21.9 Å². The first-order chi connectivity index (χ1) is 9.94. The van der Waals surface area contributed by atoms with E-state index in [0.717, 1.165) is 16.1 Å². The van der Waals surface area contributed by atoms with Gasteiger partial charge in [-0.3, -0.25) is 4.79 Å². The lowest BCUT2D eigenvalue weighted by molar-refractivity contribution is -0.141. The van der Waals surface area contributed by atoms with Gasteiger partial charge in [-0.2, -0.15) is 0 Å². The second-order valence-corrected chi connectivity index (χ2v) is 5.77. The molecule has 110 valence electrons. The maximum absolute atomic E-state index is 13.2. The van der Waals surface area contributed by atoms with E-state index >= 15 is 0 Å². The molecule has 0 radical (unpaired) electrons. The fraction of sp³-hybridized carbons (Fsp3) is 0.188. The van der Waals surface area contributed by atoms with Crippen LogP contribution in [-0.4, -0.2) is 11.1 Å². The van der Waals surface area contributed by atoms with Crippen molar-refractivity contribution in [3.05, 3.63) is 69.7 Å². The predicted octanol–water partition coefficient (Wildman–Crippen LogP) is 4.21. The van der Waals surface area contributed by atoms with Crippen LogP contribution in [0, 0.1) is 17.6 Å². The highest BCUT2D eigenvalue weighted by atomic mass is 79.9. The lowest BCUT2D eigenvalue weighted by Crippen LogP contribution is -2.19. The molecular formula is C16H13BrF2O2. The number of hydrogen-bond acceptors (Lipinski definition) is 1. The molecule has 5 heteroatoms. The normalized spacial score (nSPS) is 12.1. The maximum atomic E-state index is 13.2. The fourth-order valence-electron chi connectivity index (χ4n) is 2.21. The average Bonchev–Trinajstić information content (AvgIpc) is 2.36. The zero-order chi connectivity index (χ0) is 15.4. The number of hydrogen-bond donors (Lipinski definition) is 1. The maximum Gasteiger partial charge on any atom is 0.307 e.